The van der Waals surface area contributed by atoms with Gasteiger partial charge in [-0.15, -0.1) is 0 Å². The highest BCUT2D eigenvalue weighted by atomic mass is 16.6. The average molecular weight is 336 g/mol. The van der Waals surface area contributed by atoms with E-state index in [9.17, 15) is 14.4 Å². The Morgan fingerprint density at radius 3 is 1.75 bits per heavy atom. The van der Waals surface area contributed by atoms with Crippen LogP contribution in [0.15, 0.2) is 12.1 Å². The molecule has 0 aliphatic carbocycles. The van der Waals surface area contributed by atoms with E-state index in [2.05, 4.69) is 4.74 Å². The first-order chi connectivity index (χ1) is 10.8. The number of carbonyl (C=O) groups is 3. The van der Waals surface area contributed by atoms with E-state index in [4.69, 9.17) is 11.5 Å². The van der Waals surface area contributed by atoms with Crippen LogP contribution in [0.5, 0.6) is 0 Å². The van der Waals surface area contributed by atoms with Crippen molar-refractivity contribution in [3.8, 4) is 0 Å². The summed E-state index contributed by atoms with van der Waals surface area (Å²) in [7, 11) is 0. The van der Waals surface area contributed by atoms with E-state index in [0.717, 1.165) is 23.1 Å². The molecule has 0 aliphatic rings. The number of nitrogens with two attached hydrogens (primary N) is 2. The van der Waals surface area contributed by atoms with Gasteiger partial charge in [-0.2, -0.15) is 0 Å². The zero-order chi connectivity index (χ0) is 19.1. The molecule has 0 saturated heterocycles. The van der Waals surface area contributed by atoms with Gasteiger partial charge in [0, 0.05) is 12.0 Å². The Hall–Kier alpha value is -2.37. The van der Waals surface area contributed by atoms with Gasteiger partial charge in [-0.25, -0.2) is 4.79 Å². The van der Waals surface area contributed by atoms with E-state index in [-0.39, 0.29) is 5.78 Å². The number of hydrogen-bond donors (Lipinski definition) is 2. The van der Waals surface area contributed by atoms with Gasteiger partial charge in [-0.1, -0.05) is 0 Å². The summed E-state index contributed by atoms with van der Waals surface area (Å²) >= 11 is 0. The maximum atomic E-state index is 11.1. The normalized spacial score (nSPS) is 10.4. The number of carbonyl (C=O) groups excluding carboxylic acids is 3. The van der Waals surface area contributed by atoms with E-state index < -0.39 is 17.6 Å². The van der Waals surface area contributed by atoms with Crippen molar-refractivity contribution in [2.45, 2.75) is 60.0 Å². The summed E-state index contributed by atoms with van der Waals surface area (Å²) in [4.78, 5) is 32.0. The van der Waals surface area contributed by atoms with E-state index in [0.29, 0.717) is 12.0 Å². The maximum absolute atomic E-state index is 11.1. The number of aryl methyl sites for hydroxylation is 2. The van der Waals surface area contributed by atoms with Crippen LogP contribution >= 0.6 is 0 Å². The predicted molar refractivity (Wildman–Crippen MR) is 93.9 cm³/mol. The van der Waals surface area contributed by atoms with E-state index in [1.54, 1.807) is 39.8 Å². The van der Waals surface area contributed by atoms with Crippen LogP contribution in [0.25, 0.3) is 0 Å². The lowest BCUT2D eigenvalue weighted by molar-refractivity contribution is -0.116. The largest absolute Gasteiger partial charge is 0.444 e. The predicted octanol–water partition coefficient (Wildman–Crippen LogP) is 2.80. The lowest BCUT2D eigenvalue weighted by Crippen LogP contribution is -2.27. The standard InChI is InChI=1S/C13H17NO2.C5H11NO2/c1-8-6-11(13(14)16)7-9(2)12(8)5-4-10(3)15;1-5(2,3)8-4(6)7/h6-7H,4-5H2,1-3H3,(H2,14,16);1-3H3,(H2,6,7). The molecule has 0 heterocycles. The third-order valence-electron chi connectivity index (χ3n) is 3.11. The van der Waals surface area contributed by atoms with Crippen molar-refractivity contribution < 1.29 is 19.1 Å². The molecule has 0 unspecified atom stereocenters. The van der Waals surface area contributed by atoms with Crippen molar-refractivity contribution in [3.63, 3.8) is 0 Å². The Kier molecular flexibility index (Phi) is 8.16. The van der Waals surface area contributed by atoms with Gasteiger partial charge < -0.3 is 21.0 Å². The lowest BCUT2D eigenvalue weighted by atomic mass is 9.95. The van der Waals surface area contributed by atoms with Gasteiger partial charge in [0.15, 0.2) is 0 Å². The molecular weight excluding hydrogens is 308 g/mol. The van der Waals surface area contributed by atoms with Gasteiger partial charge in [-0.05, 0) is 76.8 Å². The molecular formula is C18H28N2O4. The number of benzene rings is 1. The van der Waals surface area contributed by atoms with Gasteiger partial charge in [-0.3, -0.25) is 4.79 Å². The number of hydrogen-bond acceptors (Lipinski definition) is 4. The van der Waals surface area contributed by atoms with E-state index >= 15 is 0 Å². The molecule has 0 saturated carbocycles. The first kappa shape index (κ1) is 21.6. The first-order valence-corrected chi connectivity index (χ1v) is 7.71. The summed E-state index contributed by atoms with van der Waals surface area (Å²) in [5.41, 5.74) is 13.2. The minimum Gasteiger partial charge on any atom is -0.444 e. The fraction of sp³-hybridized carbons (Fsp3) is 0.500. The second kappa shape index (κ2) is 9.05. The Labute approximate surface area is 143 Å². The van der Waals surface area contributed by atoms with Crippen LogP contribution in [-0.4, -0.2) is 23.4 Å². The molecule has 0 bridgehead atoms. The smallest absolute Gasteiger partial charge is 0.405 e. The number of Topliss-reactive ketones (excluding diaryl/α,β-unsaturated/α-hetero) is 1. The molecule has 0 aromatic heterocycles. The quantitative estimate of drug-likeness (QED) is 0.880. The van der Waals surface area contributed by atoms with Crippen molar-refractivity contribution in [1.82, 2.24) is 0 Å². The molecule has 0 radical (unpaired) electrons. The first-order valence-electron chi connectivity index (χ1n) is 7.71. The van der Waals surface area contributed by atoms with Crippen LogP contribution in [0.3, 0.4) is 0 Å². The summed E-state index contributed by atoms with van der Waals surface area (Å²) in [5, 5.41) is 0. The monoisotopic (exact) mass is 336 g/mol. The highest BCUT2D eigenvalue weighted by Gasteiger charge is 2.12. The highest BCUT2D eigenvalue weighted by molar-refractivity contribution is 5.93. The average Bonchev–Trinajstić information content (AvgIpc) is 2.34. The Balaban J connectivity index is 0.000000561. The van der Waals surface area contributed by atoms with E-state index in [1.807, 2.05) is 13.8 Å². The number of amides is 2. The molecule has 24 heavy (non-hydrogen) atoms. The molecule has 6 nitrogen and oxygen atoms in total. The van der Waals surface area contributed by atoms with Gasteiger partial charge in [0.25, 0.3) is 0 Å². The van der Waals surface area contributed by atoms with Crippen LogP contribution in [-0.2, 0) is 16.0 Å². The summed E-state index contributed by atoms with van der Waals surface area (Å²) in [5.74, 6) is -0.234. The molecule has 1 aromatic rings. The summed E-state index contributed by atoms with van der Waals surface area (Å²) < 4.78 is 4.58. The fourth-order valence-electron chi connectivity index (χ4n) is 2.13. The Morgan fingerprint density at radius 2 is 1.50 bits per heavy atom. The lowest BCUT2D eigenvalue weighted by Gasteiger charge is -2.16. The number of ketones is 1. The van der Waals surface area contributed by atoms with Crippen LogP contribution in [0.2, 0.25) is 0 Å². The summed E-state index contributed by atoms with van der Waals surface area (Å²) in [6, 6.07) is 3.57. The molecule has 2 amide bonds. The minimum absolute atomic E-state index is 0.178. The zero-order valence-corrected chi connectivity index (χ0v) is 15.4. The minimum atomic E-state index is -0.725. The van der Waals surface area contributed by atoms with Gasteiger partial charge in [0.2, 0.25) is 5.91 Å². The van der Waals surface area contributed by atoms with E-state index in [1.165, 1.54) is 0 Å². The second-order valence-electron chi connectivity index (χ2n) is 6.69. The highest BCUT2D eigenvalue weighted by Crippen LogP contribution is 2.18. The van der Waals surface area contributed by atoms with Crippen LogP contribution in [0.4, 0.5) is 4.79 Å². The van der Waals surface area contributed by atoms with Crippen molar-refractivity contribution in [1.29, 1.82) is 0 Å². The van der Waals surface area contributed by atoms with Crippen molar-refractivity contribution in [2.24, 2.45) is 11.5 Å². The summed E-state index contributed by atoms with van der Waals surface area (Å²) in [6.45, 7) is 10.7. The third-order valence-corrected chi connectivity index (χ3v) is 3.11. The molecule has 1 aromatic carbocycles. The second-order valence-corrected chi connectivity index (χ2v) is 6.69. The number of ether oxygens (including phenoxy) is 1. The molecule has 6 heteroatoms. The third kappa shape index (κ3) is 8.92. The molecule has 1 rings (SSSR count). The van der Waals surface area contributed by atoms with Crippen molar-refractivity contribution in [3.05, 3.63) is 34.4 Å². The maximum Gasteiger partial charge on any atom is 0.405 e. The molecule has 0 aliphatic heterocycles. The van der Waals surface area contributed by atoms with Crippen molar-refractivity contribution in [2.75, 3.05) is 0 Å². The number of rotatable bonds is 4. The zero-order valence-electron chi connectivity index (χ0n) is 15.4. The number of primary amides is 2. The molecule has 4 N–H and O–H groups in total. The van der Waals surface area contributed by atoms with Crippen molar-refractivity contribution >= 4 is 17.8 Å². The Morgan fingerprint density at radius 1 is 1.04 bits per heavy atom. The Bertz CT molecular complexity index is 593. The molecule has 134 valence electrons. The molecule has 0 atom stereocenters. The molecule has 0 fully saturated rings. The van der Waals surface area contributed by atoms with Gasteiger partial charge in [0.1, 0.15) is 11.4 Å². The topological polar surface area (TPSA) is 112 Å². The molecule has 0 spiro atoms. The van der Waals surface area contributed by atoms with Crippen LogP contribution < -0.4 is 11.5 Å². The van der Waals surface area contributed by atoms with Gasteiger partial charge >= 0.3 is 6.09 Å². The van der Waals surface area contributed by atoms with Crippen LogP contribution in [0.1, 0.15) is 61.2 Å². The van der Waals surface area contributed by atoms with Gasteiger partial charge in [0.05, 0.1) is 0 Å². The summed E-state index contributed by atoms with van der Waals surface area (Å²) in [6.07, 6.45) is 0.543. The fourth-order valence-corrected chi connectivity index (χ4v) is 2.13. The van der Waals surface area contributed by atoms with Crippen LogP contribution in [0, 0.1) is 13.8 Å². The SMILES string of the molecule is CC(=O)CCc1c(C)cc(C(N)=O)cc1C.CC(C)(C)OC(N)=O.